The van der Waals surface area contributed by atoms with Gasteiger partial charge in [0.15, 0.2) is 0 Å². The van der Waals surface area contributed by atoms with E-state index in [1.54, 1.807) is 36.2 Å². The molecule has 2 aromatic rings. The van der Waals surface area contributed by atoms with Gasteiger partial charge in [0.25, 0.3) is 5.91 Å². The van der Waals surface area contributed by atoms with E-state index in [9.17, 15) is 4.79 Å². The van der Waals surface area contributed by atoms with Gasteiger partial charge >= 0.3 is 0 Å². The van der Waals surface area contributed by atoms with Crippen LogP contribution in [0.15, 0.2) is 42.5 Å². The molecule has 0 radical (unpaired) electrons. The van der Waals surface area contributed by atoms with Gasteiger partial charge in [-0.15, -0.1) is 0 Å². The first-order valence-corrected chi connectivity index (χ1v) is 6.38. The zero-order valence-corrected chi connectivity index (χ0v) is 11.8. The minimum Gasteiger partial charge on any atom is -0.311 e. The molecule has 0 saturated carbocycles. The van der Waals surface area contributed by atoms with Crippen LogP contribution in [0.3, 0.4) is 0 Å². The van der Waals surface area contributed by atoms with Crippen LogP contribution in [0.1, 0.15) is 27.0 Å². The largest absolute Gasteiger partial charge is 0.311 e. The van der Waals surface area contributed by atoms with Crippen molar-refractivity contribution >= 4 is 11.6 Å². The van der Waals surface area contributed by atoms with Crippen LogP contribution in [0.4, 0.5) is 5.69 Å². The third-order valence-corrected chi connectivity index (χ3v) is 3.44. The predicted molar refractivity (Wildman–Crippen MR) is 79.8 cm³/mol. The van der Waals surface area contributed by atoms with E-state index in [0.717, 1.165) is 11.3 Å². The van der Waals surface area contributed by atoms with E-state index in [0.29, 0.717) is 11.1 Å². The smallest absolute Gasteiger partial charge is 0.258 e. The molecule has 0 aliphatic heterocycles. The zero-order chi connectivity index (χ0) is 14.7. The number of aryl methyl sites for hydroxylation is 2. The fourth-order valence-corrected chi connectivity index (χ4v) is 1.94. The molecule has 0 fully saturated rings. The summed E-state index contributed by atoms with van der Waals surface area (Å²) in [4.78, 5) is 14.0. The lowest BCUT2D eigenvalue weighted by molar-refractivity contribution is 0.0993. The normalized spacial score (nSPS) is 9.90. The van der Waals surface area contributed by atoms with Crippen molar-refractivity contribution in [2.45, 2.75) is 13.8 Å². The molecule has 0 aliphatic carbocycles. The van der Waals surface area contributed by atoms with Crippen LogP contribution in [0.5, 0.6) is 0 Å². The molecular weight excluding hydrogens is 248 g/mol. The maximum atomic E-state index is 12.4. The summed E-state index contributed by atoms with van der Waals surface area (Å²) < 4.78 is 0. The van der Waals surface area contributed by atoms with Crippen LogP contribution in [0.2, 0.25) is 0 Å². The second-order valence-corrected chi connectivity index (χ2v) is 4.82. The van der Waals surface area contributed by atoms with Gasteiger partial charge in [0.2, 0.25) is 0 Å². The molecule has 0 aliphatic rings. The van der Waals surface area contributed by atoms with Crippen molar-refractivity contribution in [3.05, 3.63) is 64.7 Å². The van der Waals surface area contributed by atoms with E-state index >= 15 is 0 Å². The summed E-state index contributed by atoms with van der Waals surface area (Å²) in [6.07, 6.45) is 0. The maximum absolute atomic E-state index is 12.4. The highest BCUT2D eigenvalue weighted by molar-refractivity contribution is 6.05. The molecule has 0 unspecified atom stereocenters. The number of amides is 1. The number of hydrogen-bond donors (Lipinski definition) is 0. The number of carbonyl (C=O) groups is 1. The topological polar surface area (TPSA) is 44.1 Å². The van der Waals surface area contributed by atoms with Crippen LogP contribution < -0.4 is 4.90 Å². The Morgan fingerprint density at radius 2 is 1.70 bits per heavy atom. The average Bonchev–Trinajstić information content (AvgIpc) is 2.48. The van der Waals surface area contributed by atoms with Crippen molar-refractivity contribution < 1.29 is 4.79 Å². The Morgan fingerprint density at radius 3 is 2.25 bits per heavy atom. The third-order valence-electron chi connectivity index (χ3n) is 3.44. The molecule has 0 aromatic heterocycles. The number of rotatable bonds is 2. The molecule has 3 heteroatoms. The van der Waals surface area contributed by atoms with Crippen molar-refractivity contribution in [3.63, 3.8) is 0 Å². The summed E-state index contributed by atoms with van der Waals surface area (Å²) in [5.41, 5.74) is 4.29. The summed E-state index contributed by atoms with van der Waals surface area (Å²) in [7, 11) is 1.74. The number of carbonyl (C=O) groups excluding carboxylic acids is 1. The molecule has 3 nitrogen and oxygen atoms in total. The first kappa shape index (κ1) is 13.8. The van der Waals surface area contributed by atoms with E-state index < -0.39 is 0 Å². The first-order chi connectivity index (χ1) is 9.52. The van der Waals surface area contributed by atoms with Gasteiger partial charge in [-0.05, 0) is 61.4 Å². The zero-order valence-electron chi connectivity index (χ0n) is 11.8. The highest BCUT2D eigenvalue weighted by atomic mass is 16.2. The van der Waals surface area contributed by atoms with Crippen LogP contribution >= 0.6 is 0 Å². The maximum Gasteiger partial charge on any atom is 0.258 e. The quantitative estimate of drug-likeness (QED) is 0.833. The molecule has 2 aromatic carbocycles. The van der Waals surface area contributed by atoms with Crippen LogP contribution in [0, 0.1) is 25.2 Å². The van der Waals surface area contributed by atoms with Gasteiger partial charge in [0, 0.05) is 18.3 Å². The van der Waals surface area contributed by atoms with Gasteiger partial charge in [-0.25, -0.2) is 0 Å². The Kier molecular flexibility index (Phi) is 3.86. The van der Waals surface area contributed by atoms with E-state index in [1.165, 1.54) is 5.56 Å². The average molecular weight is 264 g/mol. The highest BCUT2D eigenvalue weighted by Crippen LogP contribution is 2.18. The highest BCUT2D eigenvalue weighted by Gasteiger charge is 2.13. The molecule has 0 atom stereocenters. The second-order valence-electron chi connectivity index (χ2n) is 4.82. The number of hydrogen-bond acceptors (Lipinski definition) is 2. The molecule has 100 valence electrons. The minimum absolute atomic E-state index is 0.0576. The van der Waals surface area contributed by atoms with Gasteiger partial charge in [0.05, 0.1) is 11.6 Å². The number of benzene rings is 2. The van der Waals surface area contributed by atoms with Crippen LogP contribution in [-0.4, -0.2) is 13.0 Å². The lowest BCUT2D eigenvalue weighted by Gasteiger charge is -2.18. The summed E-state index contributed by atoms with van der Waals surface area (Å²) in [6, 6.07) is 14.7. The summed E-state index contributed by atoms with van der Waals surface area (Å²) in [5.74, 6) is -0.0576. The van der Waals surface area contributed by atoms with Crippen molar-refractivity contribution in [1.82, 2.24) is 0 Å². The third kappa shape index (κ3) is 2.70. The van der Waals surface area contributed by atoms with E-state index in [2.05, 4.69) is 6.07 Å². The monoisotopic (exact) mass is 264 g/mol. The summed E-state index contributed by atoms with van der Waals surface area (Å²) >= 11 is 0. The molecule has 2 rings (SSSR count). The Morgan fingerprint density at radius 1 is 1.05 bits per heavy atom. The standard InChI is InChI=1S/C17H16N2O/c1-12-4-7-15(10-13(12)2)17(20)19(3)16-8-5-14(11-18)6-9-16/h4-10H,1-3H3. The lowest BCUT2D eigenvalue weighted by atomic mass is 10.1. The Hall–Kier alpha value is -2.60. The van der Waals surface area contributed by atoms with E-state index in [4.69, 9.17) is 5.26 Å². The van der Waals surface area contributed by atoms with Gasteiger partial charge in [0.1, 0.15) is 0 Å². The van der Waals surface area contributed by atoms with Crippen LogP contribution in [-0.2, 0) is 0 Å². The predicted octanol–water partition coefficient (Wildman–Crippen LogP) is 3.45. The van der Waals surface area contributed by atoms with Crippen molar-refractivity contribution in [3.8, 4) is 6.07 Å². The summed E-state index contributed by atoms with van der Waals surface area (Å²) in [5, 5.41) is 8.78. The SMILES string of the molecule is Cc1ccc(C(=O)N(C)c2ccc(C#N)cc2)cc1C. The molecule has 0 N–H and O–H groups in total. The van der Waals surface area contributed by atoms with Gasteiger partial charge < -0.3 is 4.90 Å². The molecule has 1 amide bonds. The van der Waals surface area contributed by atoms with E-state index in [-0.39, 0.29) is 5.91 Å². The summed E-state index contributed by atoms with van der Waals surface area (Å²) in [6.45, 7) is 4.02. The molecule has 20 heavy (non-hydrogen) atoms. The van der Waals surface area contributed by atoms with Crippen molar-refractivity contribution in [2.24, 2.45) is 0 Å². The van der Waals surface area contributed by atoms with Crippen molar-refractivity contribution in [2.75, 3.05) is 11.9 Å². The molecule has 0 heterocycles. The fraction of sp³-hybridized carbons (Fsp3) is 0.176. The molecule has 0 spiro atoms. The Labute approximate surface area is 119 Å². The van der Waals surface area contributed by atoms with E-state index in [1.807, 2.05) is 32.0 Å². The number of nitriles is 1. The fourth-order valence-electron chi connectivity index (χ4n) is 1.94. The molecule has 0 bridgehead atoms. The van der Waals surface area contributed by atoms with Gasteiger partial charge in [-0.3, -0.25) is 4.79 Å². The second kappa shape index (κ2) is 5.58. The first-order valence-electron chi connectivity index (χ1n) is 6.38. The van der Waals surface area contributed by atoms with Gasteiger partial charge in [-0.1, -0.05) is 6.07 Å². The van der Waals surface area contributed by atoms with Gasteiger partial charge in [-0.2, -0.15) is 5.26 Å². The Balaban J connectivity index is 2.27. The Bertz CT molecular complexity index is 681. The number of anilines is 1. The van der Waals surface area contributed by atoms with Crippen LogP contribution in [0.25, 0.3) is 0 Å². The lowest BCUT2D eigenvalue weighted by Crippen LogP contribution is -2.26. The van der Waals surface area contributed by atoms with Crippen molar-refractivity contribution in [1.29, 1.82) is 5.26 Å². The number of nitrogens with zero attached hydrogens (tertiary/aromatic N) is 2. The minimum atomic E-state index is -0.0576. The molecule has 0 saturated heterocycles. The molecular formula is C17H16N2O.